The molecule has 2 aromatic carbocycles. The molecule has 0 aliphatic rings. The number of pyridine rings is 1. The van der Waals surface area contributed by atoms with Crippen molar-refractivity contribution >= 4 is 44.4 Å². The SMILES string of the molecule is CC(C)(C)OC(=O)NCC(C(=O)Nc1cc2ccncc2s1)c1ccc(C(=O)OCc2ccccc2)cc1CCO[N+](=O)[O-]. The quantitative estimate of drug-likeness (QED) is 0.116. The summed E-state index contributed by atoms with van der Waals surface area (Å²) in [4.78, 5) is 58.7. The molecule has 1 atom stereocenters. The molecule has 2 N–H and O–H groups in total. The Morgan fingerprint density at radius 3 is 2.55 bits per heavy atom. The molecule has 0 fully saturated rings. The number of carbonyl (C=O) groups excluding carboxylic acids is 3. The Morgan fingerprint density at radius 1 is 1.07 bits per heavy atom. The van der Waals surface area contributed by atoms with Crippen LogP contribution in [-0.2, 0) is 32.1 Å². The number of hydrogen-bond donors (Lipinski definition) is 2. The number of carbonyl (C=O) groups is 3. The van der Waals surface area contributed by atoms with Crippen molar-refractivity contribution in [3.63, 3.8) is 0 Å². The van der Waals surface area contributed by atoms with Gasteiger partial charge in [-0.3, -0.25) is 9.78 Å². The standard InChI is InChI=1S/C31H32N4O8S/c1-31(2,3)43-30(38)33-17-25(28(36)34-27-16-22-11-13-32-18-26(22)44-27)24-10-9-23(15-21(24)12-14-42-35(39)40)29(37)41-19-20-7-5-4-6-8-20/h4-11,13,15-16,18,25H,12,14,17,19H2,1-3H3,(H,33,38)(H,34,36). The Balaban J connectivity index is 1.63. The zero-order chi connectivity index (χ0) is 31.7. The minimum absolute atomic E-state index is 0.000886. The molecule has 4 aromatic rings. The Hall–Kier alpha value is -5.04. The van der Waals surface area contributed by atoms with Crippen molar-refractivity contribution < 1.29 is 33.8 Å². The van der Waals surface area contributed by atoms with Crippen LogP contribution in [0.5, 0.6) is 0 Å². The van der Waals surface area contributed by atoms with Crippen LogP contribution in [0.2, 0.25) is 0 Å². The number of rotatable bonds is 12. The molecule has 12 nitrogen and oxygen atoms in total. The van der Waals surface area contributed by atoms with E-state index in [1.165, 1.54) is 23.5 Å². The number of alkyl carbamates (subject to hydrolysis) is 1. The number of fused-ring (bicyclic) bond motifs is 1. The van der Waals surface area contributed by atoms with Crippen LogP contribution in [0.4, 0.5) is 9.80 Å². The zero-order valence-corrected chi connectivity index (χ0v) is 25.2. The van der Waals surface area contributed by atoms with Gasteiger partial charge in [0.25, 0.3) is 5.09 Å². The number of amides is 2. The third-order valence-corrected chi connectivity index (χ3v) is 7.27. The molecule has 2 heterocycles. The first-order valence-corrected chi connectivity index (χ1v) is 14.5. The highest BCUT2D eigenvalue weighted by Gasteiger charge is 2.27. The first-order valence-electron chi connectivity index (χ1n) is 13.7. The summed E-state index contributed by atoms with van der Waals surface area (Å²) in [6.07, 6.45) is 2.63. The van der Waals surface area contributed by atoms with E-state index in [0.29, 0.717) is 16.1 Å². The summed E-state index contributed by atoms with van der Waals surface area (Å²) in [5, 5.41) is 17.0. The number of benzene rings is 2. The smallest absolute Gasteiger partial charge is 0.407 e. The molecule has 4 rings (SSSR count). The number of hydrogen-bond acceptors (Lipinski definition) is 10. The Labute approximate surface area is 257 Å². The van der Waals surface area contributed by atoms with Gasteiger partial charge >= 0.3 is 12.1 Å². The number of aromatic nitrogens is 1. The number of nitrogens with one attached hydrogen (secondary N) is 2. The summed E-state index contributed by atoms with van der Waals surface area (Å²) in [7, 11) is 0. The van der Waals surface area contributed by atoms with Crippen molar-refractivity contribution in [3.05, 3.63) is 105 Å². The van der Waals surface area contributed by atoms with Crippen molar-refractivity contribution in [1.29, 1.82) is 0 Å². The van der Waals surface area contributed by atoms with Gasteiger partial charge in [-0.25, -0.2) is 9.59 Å². The molecule has 2 aromatic heterocycles. The molecule has 2 amide bonds. The summed E-state index contributed by atoms with van der Waals surface area (Å²) in [5.41, 5.74) is 1.11. The molecule has 0 saturated carbocycles. The van der Waals surface area contributed by atoms with Gasteiger partial charge < -0.3 is 24.9 Å². The summed E-state index contributed by atoms with van der Waals surface area (Å²) in [5.74, 6) is -2.02. The molecular formula is C31H32N4O8S. The molecule has 0 bridgehead atoms. The third-order valence-electron chi connectivity index (χ3n) is 6.27. The largest absolute Gasteiger partial charge is 0.457 e. The first-order chi connectivity index (χ1) is 21.0. The predicted molar refractivity (Wildman–Crippen MR) is 164 cm³/mol. The minimum Gasteiger partial charge on any atom is -0.457 e. The second-order valence-corrected chi connectivity index (χ2v) is 11.8. The van der Waals surface area contributed by atoms with Crippen LogP contribution in [0.15, 0.2) is 73.1 Å². The Bertz CT molecular complexity index is 1600. The summed E-state index contributed by atoms with van der Waals surface area (Å²) < 4.78 is 11.7. The minimum atomic E-state index is -0.967. The van der Waals surface area contributed by atoms with Crippen molar-refractivity contribution in [2.24, 2.45) is 0 Å². The molecule has 13 heteroatoms. The fourth-order valence-corrected chi connectivity index (χ4v) is 5.26. The normalized spacial score (nSPS) is 11.8. The van der Waals surface area contributed by atoms with E-state index in [1.807, 2.05) is 42.5 Å². The van der Waals surface area contributed by atoms with E-state index in [1.54, 1.807) is 39.2 Å². The van der Waals surface area contributed by atoms with Gasteiger partial charge in [-0.2, -0.15) is 0 Å². The number of anilines is 1. The lowest BCUT2D eigenvalue weighted by molar-refractivity contribution is -0.757. The number of nitrogens with zero attached hydrogens (tertiary/aromatic N) is 2. The predicted octanol–water partition coefficient (Wildman–Crippen LogP) is 5.65. The maximum absolute atomic E-state index is 13.8. The van der Waals surface area contributed by atoms with Crippen molar-refractivity contribution in [3.8, 4) is 0 Å². The van der Waals surface area contributed by atoms with Gasteiger partial charge in [0.1, 0.15) is 18.8 Å². The monoisotopic (exact) mass is 620 g/mol. The van der Waals surface area contributed by atoms with Gasteiger partial charge in [-0.1, -0.05) is 36.4 Å². The topological polar surface area (TPSA) is 159 Å². The number of esters is 1. The van der Waals surface area contributed by atoms with Crippen LogP contribution in [0.25, 0.3) is 10.1 Å². The second-order valence-electron chi connectivity index (χ2n) is 10.7. The molecule has 0 aliphatic carbocycles. The van der Waals surface area contributed by atoms with Gasteiger partial charge in [0.2, 0.25) is 5.91 Å². The Kier molecular flexibility index (Phi) is 10.5. The lowest BCUT2D eigenvalue weighted by Gasteiger charge is -2.23. The van der Waals surface area contributed by atoms with E-state index < -0.39 is 34.6 Å². The van der Waals surface area contributed by atoms with E-state index >= 15 is 0 Å². The van der Waals surface area contributed by atoms with E-state index in [4.69, 9.17) is 9.47 Å². The van der Waals surface area contributed by atoms with Gasteiger partial charge in [0.15, 0.2) is 0 Å². The second kappa shape index (κ2) is 14.4. The molecule has 0 saturated heterocycles. The first kappa shape index (κ1) is 31.9. The highest BCUT2D eigenvalue weighted by atomic mass is 32.1. The lowest BCUT2D eigenvalue weighted by atomic mass is 9.90. The highest BCUT2D eigenvalue weighted by molar-refractivity contribution is 7.22. The Morgan fingerprint density at radius 2 is 1.84 bits per heavy atom. The maximum Gasteiger partial charge on any atom is 0.407 e. The lowest BCUT2D eigenvalue weighted by Crippen LogP contribution is -2.38. The van der Waals surface area contributed by atoms with Gasteiger partial charge in [0, 0.05) is 18.9 Å². The molecular weight excluding hydrogens is 588 g/mol. The van der Waals surface area contributed by atoms with Crippen LogP contribution < -0.4 is 10.6 Å². The number of ether oxygens (including phenoxy) is 2. The fourth-order valence-electron chi connectivity index (χ4n) is 4.32. The van der Waals surface area contributed by atoms with Gasteiger partial charge in [0.05, 0.1) is 21.2 Å². The molecule has 1 unspecified atom stereocenters. The van der Waals surface area contributed by atoms with E-state index in [0.717, 1.165) is 15.6 Å². The number of thiophene rings is 1. The van der Waals surface area contributed by atoms with E-state index in [9.17, 15) is 24.5 Å². The van der Waals surface area contributed by atoms with Crippen LogP contribution >= 0.6 is 11.3 Å². The average molecular weight is 621 g/mol. The third kappa shape index (κ3) is 9.23. The molecule has 0 spiro atoms. The average Bonchev–Trinajstić information content (AvgIpc) is 3.38. The molecule has 0 aliphatic heterocycles. The van der Waals surface area contributed by atoms with Crippen LogP contribution in [0, 0.1) is 10.1 Å². The maximum atomic E-state index is 13.8. The fraction of sp³-hybridized carbons (Fsp3) is 0.290. The van der Waals surface area contributed by atoms with Crippen molar-refractivity contribution in [2.75, 3.05) is 18.5 Å². The molecule has 44 heavy (non-hydrogen) atoms. The van der Waals surface area contributed by atoms with E-state index in [-0.39, 0.29) is 31.7 Å². The summed E-state index contributed by atoms with van der Waals surface area (Å²) in [6, 6.07) is 17.4. The van der Waals surface area contributed by atoms with Crippen LogP contribution in [0.1, 0.15) is 53.7 Å². The molecule has 230 valence electrons. The van der Waals surface area contributed by atoms with Crippen LogP contribution in [-0.4, -0.2) is 46.8 Å². The van der Waals surface area contributed by atoms with Crippen molar-refractivity contribution in [2.45, 2.75) is 45.3 Å². The van der Waals surface area contributed by atoms with Gasteiger partial charge in [-0.05, 0) is 73.5 Å². The van der Waals surface area contributed by atoms with Crippen LogP contribution in [0.3, 0.4) is 0 Å². The molecule has 0 radical (unpaired) electrons. The zero-order valence-electron chi connectivity index (χ0n) is 24.4. The van der Waals surface area contributed by atoms with E-state index in [2.05, 4.69) is 20.5 Å². The summed E-state index contributed by atoms with van der Waals surface area (Å²) >= 11 is 1.34. The highest BCUT2D eigenvalue weighted by Crippen LogP contribution is 2.31. The van der Waals surface area contributed by atoms with Crippen molar-refractivity contribution in [1.82, 2.24) is 10.3 Å². The van der Waals surface area contributed by atoms with Gasteiger partial charge in [-0.15, -0.1) is 21.5 Å². The summed E-state index contributed by atoms with van der Waals surface area (Å²) in [6.45, 7) is 4.73.